The number of anilines is 1. The Bertz CT molecular complexity index is 524. The third-order valence-corrected chi connectivity index (χ3v) is 2.71. The predicted molar refractivity (Wildman–Crippen MR) is 73.0 cm³/mol. The molecule has 0 N–H and O–H groups in total. The fourth-order valence-corrected chi connectivity index (χ4v) is 1.94. The fraction of sp³-hybridized carbons (Fsp3) is 0.333. The topological polar surface area (TPSA) is 60.5 Å². The monoisotopic (exact) mass is 311 g/mol. The number of amides is 1. The van der Waals surface area contributed by atoms with Crippen molar-refractivity contribution < 1.29 is 9.21 Å². The van der Waals surface area contributed by atoms with Gasteiger partial charge in [-0.2, -0.15) is 5.26 Å². The number of carbonyl (C=O) groups is 1. The van der Waals surface area contributed by atoms with Crippen LogP contribution in [0, 0.1) is 11.3 Å². The molecule has 0 saturated carbocycles. The molecular formula is C12H14BrN3O2. The summed E-state index contributed by atoms with van der Waals surface area (Å²) in [6, 6.07) is 3.59. The summed E-state index contributed by atoms with van der Waals surface area (Å²) in [5.74, 6) is 0.740. The van der Waals surface area contributed by atoms with Crippen molar-refractivity contribution in [2.75, 3.05) is 33.1 Å². The van der Waals surface area contributed by atoms with Gasteiger partial charge in [-0.25, -0.2) is 0 Å². The van der Waals surface area contributed by atoms with Gasteiger partial charge in [0, 0.05) is 40.3 Å². The van der Waals surface area contributed by atoms with Crippen molar-refractivity contribution in [3.63, 3.8) is 0 Å². The van der Waals surface area contributed by atoms with E-state index in [0.29, 0.717) is 11.6 Å². The molecular weight excluding hydrogens is 298 g/mol. The standard InChI is InChI=1S/C12H14BrN3O2/c1-15(2)11(17)8(7-14)5-9-6-10(13)12(18-9)16(3)4/h5-6H,1-4H3/b8-5+. The maximum absolute atomic E-state index is 11.7. The van der Waals surface area contributed by atoms with Gasteiger partial charge in [-0.05, 0) is 15.9 Å². The van der Waals surface area contributed by atoms with Crippen LogP contribution in [0.3, 0.4) is 0 Å². The van der Waals surface area contributed by atoms with Gasteiger partial charge in [0.1, 0.15) is 17.4 Å². The second-order valence-corrected chi connectivity index (χ2v) is 4.92. The van der Waals surface area contributed by atoms with Crippen LogP contribution in [0.5, 0.6) is 0 Å². The van der Waals surface area contributed by atoms with Gasteiger partial charge < -0.3 is 14.2 Å². The number of carbonyl (C=O) groups excluding carboxylic acids is 1. The Morgan fingerprint density at radius 1 is 1.44 bits per heavy atom. The predicted octanol–water partition coefficient (Wildman–Crippen LogP) is 2.10. The smallest absolute Gasteiger partial charge is 0.264 e. The molecule has 0 bridgehead atoms. The highest BCUT2D eigenvalue weighted by Crippen LogP contribution is 2.29. The summed E-state index contributed by atoms with van der Waals surface area (Å²) < 4.78 is 6.29. The van der Waals surface area contributed by atoms with Gasteiger partial charge in [0.2, 0.25) is 5.88 Å². The molecule has 0 saturated heterocycles. The van der Waals surface area contributed by atoms with Crippen LogP contribution >= 0.6 is 15.9 Å². The first-order valence-corrected chi connectivity index (χ1v) is 5.96. The van der Waals surface area contributed by atoms with Gasteiger partial charge in [0.05, 0.1) is 4.47 Å². The molecule has 0 spiro atoms. The van der Waals surface area contributed by atoms with E-state index in [2.05, 4.69) is 15.9 Å². The molecule has 18 heavy (non-hydrogen) atoms. The van der Waals surface area contributed by atoms with Crippen LogP contribution in [0.25, 0.3) is 6.08 Å². The number of nitrogens with zero attached hydrogens (tertiary/aromatic N) is 3. The summed E-state index contributed by atoms with van der Waals surface area (Å²) >= 11 is 3.35. The van der Waals surface area contributed by atoms with E-state index in [1.165, 1.54) is 11.0 Å². The molecule has 0 aromatic carbocycles. The lowest BCUT2D eigenvalue weighted by atomic mass is 10.2. The van der Waals surface area contributed by atoms with E-state index in [9.17, 15) is 4.79 Å². The number of nitriles is 1. The Balaban J connectivity index is 3.12. The molecule has 0 aliphatic heterocycles. The molecule has 5 nitrogen and oxygen atoms in total. The Hall–Kier alpha value is -1.74. The minimum atomic E-state index is -0.351. The molecule has 1 aromatic rings. The van der Waals surface area contributed by atoms with Crippen molar-refractivity contribution in [2.45, 2.75) is 0 Å². The molecule has 1 aromatic heterocycles. The molecule has 1 heterocycles. The molecule has 6 heteroatoms. The molecule has 0 fully saturated rings. The second kappa shape index (κ2) is 5.74. The maximum Gasteiger partial charge on any atom is 0.264 e. The highest BCUT2D eigenvalue weighted by Gasteiger charge is 2.14. The Labute approximate surface area is 114 Å². The summed E-state index contributed by atoms with van der Waals surface area (Å²) in [6.45, 7) is 0. The Morgan fingerprint density at radius 3 is 2.44 bits per heavy atom. The summed E-state index contributed by atoms with van der Waals surface area (Å²) in [5.41, 5.74) is 0.0338. The molecule has 0 aliphatic carbocycles. The number of furan rings is 1. The van der Waals surface area contributed by atoms with Crippen molar-refractivity contribution in [1.82, 2.24) is 4.90 Å². The molecule has 1 rings (SSSR count). The number of rotatable bonds is 3. The van der Waals surface area contributed by atoms with E-state index in [4.69, 9.17) is 9.68 Å². The van der Waals surface area contributed by atoms with Crippen molar-refractivity contribution in [2.24, 2.45) is 0 Å². The first-order chi connectivity index (χ1) is 8.36. The van der Waals surface area contributed by atoms with E-state index in [0.717, 1.165) is 4.47 Å². The van der Waals surface area contributed by atoms with Crippen LogP contribution in [0.15, 0.2) is 20.5 Å². The zero-order valence-corrected chi connectivity index (χ0v) is 12.3. The van der Waals surface area contributed by atoms with E-state index in [1.54, 1.807) is 25.1 Å². The highest BCUT2D eigenvalue weighted by atomic mass is 79.9. The lowest BCUT2D eigenvalue weighted by Gasteiger charge is -2.08. The number of hydrogen-bond acceptors (Lipinski definition) is 4. The maximum atomic E-state index is 11.7. The van der Waals surface area contributed by atoms with Crippen LogP contribution in [0.2, 0.25) is 0 Å². The van der Waals surface area contributed by atoms with Gasteiger partial charge in [-0.3, -0.25) is 4.79 Å². The van der Waals surface area contributed by atoms with Crippen LogP contribution < -0.4 is 4.90 Å². The normalized spacial score (nSPS) is 11.0. The van der Waals surface area contributed by atoms with E-state index in [1.807, 2.05) is 20.2 Å². The number of halogens is 1. The average molecular weight is 312 g/mol. The first kappa shape index (κ1) is 14.3. The Morgan fingerprint density at radius 2 is 2.06 bits per heavy atom. The number of likely N-dealkylation sites (N-methyl/N-ethyl adjacent to an activating group) is 1. The highest BCUT2D eigenvalue weighted by molar-refractivity contribution is 9.10. The van der Waals surface area contributed by atoms with Crippen LogP contribution in [-0.4, -0.2) is 39.0 Å². The molecule has 96 valence electrons. The number of hydrogen-bond donors (Lipinski definition) is 0. The van der Waals surface area contributed by atoms with Crippen LogP contribution in [0.4, 0.5) is 5.88 Å². The summed E-state index contributed by atoms with van der Waals surface area (Å²) in [7, 11) is 6.87. The van der Waals surface area contributed by atoms with Crippen molar-refractivity contribution in [3.8, 4) is 6.07 Å². The lowest BCUT2D eigenvalue weighted by molar-refractivity contribution is -0.124. The molecule has 0 unspecified atom stereocenters. The molecule has 0 aliphatic rings. The van der Waals surface area contributed by atoms with E-state index in [-0.39, 0.29) is 11.5 Å². The molecule has 0 atom stereocenters. The Kier molecular flexibility index (Phi) is 4.56. The zero-order chi connectivity index (χ0) is 13.9. The zero-order valence-electron chi connectivity index (χ0n) is 10.7. The van der Waals surface area contributed by atoms with Gasteiger partial charge in [0.15, 0.2) is 0 Å². The van der Waals surface area contributed by atoms with E-state index >= 15 is 0 Å². The lowest BCUT2D eigenvalue weighted by Crippen LogP contribution is -2.22. The quantitative estimate of drug-likeness (QED) is 0.633. The second-order valence-electron chi connectivity index (χ2n) is 4.07. The average Bonchev–Trinajstić information content (AvgIpc) is 2.66. The van der Waals surface area contributed by atoms with Gasteiger partial charge in [-0.1, -0.05) is 0 Å². The van der Waals surface area contributed by atoms with E-state index < -0.39 is 0 Å². The summed E-state index contributed by atoms with van der Waals surface area (Å²) in [4.78, 5) is 14.8. The molecule has 0 radical (unpaired) electrons. The van der Waals surface area contributed by atoms with Gasteiger partial charge in [0.25, 0.3) is 5.91 Å². The van der Waals surface area contributed by atoms with Gasteiger partial charge >= 0.3 is 0 Å². The third-order valence-electron chi connectivity index (χ3n) is 2.14. The van der Waals surface area contributed by atoms with Crippen molar-refractivity contribution in [1.29, 1.82) is 5.26 Å². The first-order valence-electron chi connectivity index (χ1n) is 5.17. The SMILES string of the molecule is CN(C)C(=O)/C(C#N)=C/c1cc(Br)c(N(C)C)o1. The fourth-order valence-electron chi connectivity index (χ4n) is 1.28. The minimum Gasteiger partial charge on any atom is -0.440 e. The van der Waals surface area contributed by atoms with Gasteiger partial charge in [-0.15, -0.1) is 0 Å². The van der Waals surface area contributed by atoms with Crippen molar-refractivity contribution in [3.05, 3.63) is 21.9 Å². The largest absolute Gasteiger partial charge is 0.440 e. The summed E-state index contributed by atoms with van der Waals surface area (Å²) in [5, 5.41) is 8.96. The van der Waals surface area contributed by atoms with Crippen LogP contribution in [-0.2, 0) is 4.79 Å². The third kappa shape index (κ3) is 3.14. The summed E-state index contributed by atoms with van der Waals surface area (Å²) in [6.07, 6.45) is 1.43. The van der Waals surface area contributed by atoms with Crippen molar-refractivity contribution >= 4 is 33.8 Å². The minimum absolute atomic E-state index is 0.0338. The molecule has 1 amide bonds. The van der Waals surface area contributed by atoms with Crippen LogP contribution in [0.1, 0.15) is 5.76 Å².